The van der Waals surface area contributed by atoms with Gasteiger partial charge in [0.05, 0.1) is 13.1 Å². The van der Waals surface area contributed by atoms with E-state index in [2.05, 4.69) is 5.32 Å². The Kier molecular flexibility index (Phi) is 3.10. The molecule has 5 nitrogen and oxygen atoms in total. The van der Waals surface area contributed by atoms with Gasteiger partial charge in [-0.1, -0.05) is 12.1 Å². The Morgan fingerprint density at radius 2 is 1.94 bits per heavy atom. The molecule has 1 fully saturated rings. The average Bonchev–Trinajstić information content (AvgIpc) is 2.27. The number of nitrogens with one attached hydrogen (secondary N) is 1. The van der Waals surface area contributed by atoms with Gasteiger partial charge in [-0.25, -0.2) is 0 Å². The van der Waals surface area contributed by atoms with Gasteiger partial charge in [0, 0.05) is 12.2 Å². The van der Waals surface area contributed by atoms with E-state index in [1.54, 1.807) is 4.90 Å². The van der Waals surface area contributed by atoms with Crippen molar-refractivity contribution < 1.29 is 9.59 Å². The highest BCUT2D eigenvalue weighted by molar-refractivity contribution is 6.02. The number of rotatable bonds is 2. The van der Waals surface area contributed by atoms with Crippen LogP contribution in [0.4, 0.5) is 5.69 Å². The van der Waals surface area contributed by atoms with Crippen molar-refractivity contribution in [2.45, 2.75) is 13.5 Å². The number of carbonyl (C=O) groups is 2. The molecule has 17 heavy (non-hydrogen) atoms. The maximum Gasteiger partial charge on any atom is 0.246 e. The molecule has 3 N–H and O–H groups in total. The van der Waals surface area contributed by atoms with E-state index >= 15 is 0 Å². The highest BCUT2D eigenvalue weighted by Crippen LogP contribution is 2.21. The fourth-order valence-electron chi connectivity index (χ4n) is 2.01. The Morgan fingerprint density at radius 3 is 2.47 bits per heavy atom. The van der Waals surface area contributed by atoms with Crippen LogP contribution in [0.1, 0.15) is 11.1 Å². The number of hydrogen-bond donors (Lipinski definition) is 2. The monoisotopic (exact) mass is 233 g/mol. The highest BCUT2D eigenvalue weighted by atomic mass is 16.2. The van der Waals surface area contributed by atoms with Crippen molar-refractivity contribution in [3.8, 4) is 0 Å². The predicted octanol–water partition coefficient (Wildman–Crippen LogP) is -0.0835. The number of piperazine rings is 1. The lowest BCUT2D eigenvalue weighted by molar-refractivity contribution is -0.130. The zero-order valence-electron chi connectivity index (χ0n) is 9.69. The van der Waals surface area contributed by atoms with Gasteiger partial charge in [-0.15, -0.1) is 0 Å². The summed E-state index contributed by atoms with van der Waals surface area (Å²) >= 11 is 0. The van der Waals surface area contributed by atoms with Crippen molar-refractivity contribution in [2.24, 2.45) is 5.73 Å². The minimum atomic E-state index is -0.261. The number of imide groups is 1. The van der Waals surface area contributed by atoms with Crippen LogP contribution in [-0.2, 0) is 16.1 Å². The number of nitrogens with zero attached hydrogens (tertiary/aromatic N) is 1. The molecule has 0 aromatic heterocycles. The third-order valence-electron chi connectivity index (χ3n) is 2.79. The van der Waals surface area contributed by atoms with Crippen LogP contribution >= 0.6 is 0 Å². The van der Waals surface area contributed by atoms with E-state index in [0.29, 0.717) is 6.54 Å². The molecule has 0 atom stereocenters. The maximum absolute atomic E-state index is 11.3. The number of benzene rings is 1. The Labute approximate surface area is 99.6 Å². The fraction of sp³-hybridized carbons (Fsp3) is 0.333. The molecule has 0 spiro atoms. The average molecular weight is 233 g/mol. The number of amides is 2. The van der Waals surface area contributed by atoms with Crippen molar-refractivity contribution >= 4 is 17.5 Å². The number of nitrogens with two attached hydrogens (primary N) is 1. The molecule has 1 aromatic carbocycles. The summed E-state index contributed by atoms with van der Waals surface area (Å²) in [6.07, 6.45) is 0. The molecule has 1 heterocycles. The summed E-state index contributed by atoms with van der Waals surface area (Å²) in [5.74, 6) is -0.521. The molecule has 1 aliphatic rings. The Hall–Kier alpha value is -1.88. The first-order valence-electron chi connectivity index (χ1n) is 5.47. The summed E-state index contributed by atoms with van der Waals surface area (Å²) in [4.78, 5) is 24.4. The van der Waals surface area contributed by atoms with Crippen molar-refractivity contribution in [1.82, 2.24) is 5.32 Å². The number of aryl methyl sites for hydroxylation is 1. The zero-order valence-corrected chi connectivity index (χ0v) is 9.69. The van der Waals surface area contributed by atoms with Crippen molar-refractivity contribution in [2.75, 3.05) is 18.0 Å². The summed E-state index contributed by atoms with van der Waals surface area (Å²) in [5.41, 5.74) is 8.53. The number of anilines is 1. The standard InChI is InChI=1S/C12H15N3O2/c1-8-4-9(5-13)2-3-10(8)15-6-11(16)14-12(17)7-15/h2-4H,5-7,13H2,1H3,(H,14,16,17). The summed E-state index contributed by atoms with van der Waals surface area (Å²) in [6, 6.07) is 5.80. The van der Waals surface area contributed by atoms with E-state index < -0.39 is 0 Å². The minimum absolute atomic E-state index is 0.217. The third-order valence-corrected chi connectivity index (χ3v) is 2.79. The Morgan fingerprint density at radius 1 is 1.29 bits per heavy atom. The normalized spacial score (nSPS) is 16.0. The predicted molar refractivity (Wildman–Crippen MR) is 64.4 cm³/mol. The number of hydrogen-bond acceptors (Lipinski definition) is 4. The van der Waals surface area contributed by atoms with Crippen molar-refractivity contribution in [3.05, 3.63) is 29.3 Å². The van der Waals surface area contributed by atoms with Gasteiger partial charge >= 0.3 is 0 Å². The topological polar surface area (TPSA) is 75.4 Å². The largest absolute Gasteiger partial charge is 0.353 e. The first-order chi connectivity index (χ1) is 8.10. The van der Waals surface area contributed by atoms with E-state index in [-0.39, 0.29) is 24.9 Å². The molecule has 1 saturated heterocycles. The van der Waals surface area contributed by atoms with Gasteiger partial charge in [0.2, 0.25) is 11.8 Å². The quantitative estimate of drug-likeness (QED) is 0.700. The molecule has 1 aromatic rings. The summed E-state index contributed by atoms with van der Waals surface area (Å²) in [5, 5.41) is 2.28. The smallest absolute Gasteiger partial charge is 0.246 e. The second kappa shape index (κ2) is 4.55. The zero-order chi connectivity index (χ0) is 12.4. The first kappa shape index (κ1) is 11.6. The van der Waals surface area contributed by atoms with Crippen LogP contribution in [0, 0.1) is 6.92 Å². The molecular formula is C12H15N3O2. The molecule has 90 valence electrons. The van der Waals surface area contributed by atoms with Crippen LogP contribution < -0.4 is 16.0 Å². The fourth-order valence-corrected chi connectivity index (χ4v) is 2.01. The third kappa shape index (κ3) is 2.45. The summed E-state index contributed by atoms with van der Waals surface area (Å²) in [6.45, 7) is 2.87. The Balaban J connectivity index is 2.27. The SMILES string of the molecule is Cc1cc(CN)ccc1N1CC(=O)NC(=O)C1. The second-order valence-electron chi connectivity index (χ2n) is 4.15. The molecule has 0 bridgehead atoms. The minimum Gasteiger partial charge on any atom is -0.353 e. The molecular weight excluding hydrogens is 218 g/mol. The lowest BCUT2D eigenvalue weighted by Gasteiger charge is -2.28. The van der Waals surface area contributed by atoms with Crippen LogP contribution in [0.25, 0.3) is 0 Å². The van der Waals surface area contributed by atoms with Gasteiger partial charge in [-0.3, -0.25) is 14.9 Å². The van der Waals surface area contributed by atoms with Gasteiger partial charge in [-0.05, 0) is 24.1 Å². The summed E-state index contributed by atoms with van der Waals surface area (Å²) < 4.78 is 0. The van der Waals surface area contributed by atoms with Crippen LogP contribution in [-0.4, -0.2) is 24.9 Å². The van der Waals surface area contributed by atoms with Crippen LogP contribution in [0.15, 0.2) is 18.2 Å². The van der Waals surface area contributed by atoms with Gasteiger partial charge in [-0.2, -0.15) is 0 Å². The highest BCUT2D eigenvalue weighted by Gasteiger charge is 2.23. The van der Waals surface area contributed by atoms with Crippen LogP contribution in [0.2, 0.25) is 0 Å². The lowest BCUT2D eigenvalue weighted by Crippen LogP contribution is -2.51. The summed E-state index contributed by atoms with van der Waals surface area (Å²) in [7, 11) is 0. The molecule has 5 heteroatoms. The molecule has 1 aliphatic heterocycles. The van der Waals surface area contributed by atoms with Crippen LogP contribution in [0.5, 0.6) is 0 Å². The second-order valence-corrected chi connectivity index (χ2v) is 4.15. The number of carbonyl (C=O) groups excluding carboxylic acids is 2. The Bertz CT molecular complexity index is 455. The van der Waals surface area contributed by atoms with Crippen LogP contribution in [0.3, 0.4) is 0 Å². The van der Waals surface area contributed by atoms with Gasteiger partial charge < -0.3 is 10.6 Å². The van der Waals surface area contributed by atoms with E-state index in [1.807, 2.05) is 25.1 Å². The van der Waals surface area contributed by atoms with E-state index in [1.165, 1.54) is 0 Å². The van der Waals surface area contributed by atoms with Gasteiger partial charge in [0.25, 0.3) is 0 Å². The lowest BCUT2D eigenvalue weighted by atomic mass is 10.1. The molecule has 0 unspecified atom stereocenters. The molecule has 2 amide bonds. The van der Waals surface area contributed by atoms with E-state index in [9.17, 15) is 9.59 Å². The molecule has 0 aliphatic carbocycles. The molecule has 0 radical (unpaired) electrons. The van der Waals surface area contributed by atoms with Gasteiger partial charge in [0.1, 0.15) is 0 Å². The first-order valence-corrected chi connectivity index (χ1v) is 5.47. The molecule has 0 saturated carbocycles. The van der Waals surface area contributed by atoms with E-state index in [4.69, 9.17) is 5.73 Å². The molecule has 2 rings (SSSR count). The van der Waals surface area contributed by atoms with E-state index in [0.717, 1.165) is 16.8 Å². The maximum atomic E-state index is 11.3. The van der Waals surface area contributed by atoms with Crippen molar-refractivity contribution in [3.63, 3.8) is 0 Å². The van der Waals surface area contributed by atoms with Crippen molar-refractivity contribution in [1.29, 1.82) is 0 Å². The van der Waals surface area contributed by atoms with Gasteiger partial charge in [0.15, 0.2) is 0 Å².